The van der Waals surface area contributed by atoms with Gasteiger partial charge in [0.25, 0.3) is 5.91 Å². The third-order valence-corrected chi connectivity index (χ3v) is 4.17. The quantitative estimate of drug-likeness (QED) is 0.556. The standard InChI is InChI=1S/C22H15N5O/c23-13-15-4-1-7-18(12-15)26-20-10-9-17(14-25-20)22(28)27-19-8-2-5-16-6-3-11-24-21(16)19/h1-12,14H,(H,25,26)(H,27,28). The van der Waals surface area contributed by atoms with Crippen LogP contribution in [0.1, 0.15) is 15.9 Å². The average Bonchev–Trinajstić information content (AvgIpc) is 2.74. The lowest BCUT2D eigenvalue weighted by atomic mass is 10.2. The predicted molar refractivity (Wildman–Crippen MR) is 108 cm³/mol. The summed E-state index contributed by atoms with van der Waals surface area (Å²) in [7, 11) is 0. The Hall–Kier alpha value is -4.24. The summed E-state index contributed by atoms with van der Waals surface area (Å²) in [5.74, 6) is 0.321. The number of nitrogens with zero attached hydrogens (tertiary/aromatic N) is 3. The van der Waals surface area contributed by atoms with Crippen molar-refractivity contribution >= 4 is 34.0 Å². The molecular formula is C22H15N5O. The molecule has 0 spiro atoms. The minimum absolute atomic E-state index is 0.260. The molecular weight excluding hydrogens is 350 g/mol. The van der Waals surface area contributed by atoms with Crippen LogP contribution in [-0.4, -0.2) is 15.9 Å². The number of carbonyl (C=O) groups is 1. The minimum Gasteiger partial charge on any atom is -0.340 e. The number of nitrogens with one attached hydrogen (secondary N) is 2. The second-order valence-corrected chi connectivity index (χ2v) is 6.08. The highest BCUT2D eigenvalue weighted by atomic mass is 16.1. The van der Waals surface area contributed by atoms with Crippen LogP contribution in [0.4, 0.5) is 17.2 Å². The number of nitriles is 1. The third-order valence-electron chi connectivity index (χ3n) is 4.17. The van der Waals surface area contributed by atoms with Crippen LogP contribution in [0, 0.1) is 11.3 Å². The number of pyridine rings is 2. The van der Waals surface area contributed by atoms with Gasteiger partial charge in [-0.2, -0.15) is 5.26 Å². The first-order chi connectivity index (χ1) is 13.7. The van der Waals surface area contributed by atoms with E-state index in [-0.39, 0.29) is 5.91 Å². The van der Waals surface area contributed by atoms with E-state index in [0.29, 0.717) is 22.6 Å². The molecule has 4 rings (SSSR count). The van der Waals surface area contributed by atoms with Crippen molar-refractivity contribution in [1.29, 1.82) is 5.26 Å². The van der Waals surface area contributed by atoms with E-state index >= 15 is 0 Å². The fourth-order valence-electron chi connectivity index (χ4n) is 2.82. The molecule has 134 valence electrons. The Kier molecular flexibility index (Phi) is 4.64. The van der Waals surface area contributed by atoms with Crippen LogP contribution in [0.3, 0.4) is 0 Å². The Morgan fingerprint density at radius 1 is 0.964 bits per heavy atom. The molecule has 0 bridgehead atoms. The van der Waals surface area contributed by atoms with Gasteiger partial charge in [0.1, 0.15) is 5.82 Å². The van der Waals surface area contributed by atoms with Crippen LogP contribution in [0.15, 0.2) is 79.1 Å². The van der Waals surface area contributed by atoms with Gasteiger partial charge >= 0.3 is 0 Å². The summed E-state index contributed by atoms with van der Waals surface area (Å²) in [6.07, 6.45) is 3.20. The highest BCUT2D eigenvalue weighted by Crippen LogP contribution is 2.21. The van der Waals surface area contributed by atoms with E-state index in [0.717, 1.165) is 16.6 Å². The average molecular weight is 365 g/mol. The Morgan fingerprint density at radius 2 is 1.82 bits per heavy atom. The summed E-state index contributed by atoms with van der Waals surface area (Å²) < 4.78 is 0. The monoisotopic (exact) mass is 365 g/mol. The summed E-state index contributed by atoms with van der Waals surface area (Å²) in [6, 6.07) is 22.0. The van der Waals surface area contributed by atoms with Crippen LogP contribution in [0.2, 0.25) is 0 Å². The lowest BCUT2D eigenvalue weighted by molar-refractivity contribution is 0.102. The summed E-state index contributed by atoms with van der Waals surface area (Å²) in [4.78, 5) is 21.2. The first-order valence-electron chi connectivity index (χ1n) is 8.61. The highest BCUT2D eigenvalue weighted by Gasteiger charge is 2.10. The number of aromatic nitrogens is 2. The maximum Gasteiger partial charge on any atom is 0.257 e. The molecule has 2 aromatic carbocycles. The van der Waals surface area contributed by atoms with E-state index in [9.17, 15) is 4.79 Å². The van der Waals surface area contributed by atoms with Crippen molar-refractivity contribution in [3.05, 3.63) is 90.3 Å². The van der Waals surface area contributed by atoms with E-state index in [1.807, 2.05) is 36.4 Å². The SMILES string of the molecule is N#Cc1cccc(Nc2ccc(C(=O)Nc3cccc4cccnc34)cn2)c1. The number of anilines is 3. The van der Waals surface area contributed by atoms with E-state index < -0.39 is 0 Å². The van der Waals surface area contributed by atoms with Gasteiger partial charge < -0.3 is 10.6 Å². The lowest BCUT2D eigenvalue weighted by Crippen LogP contribution is -2.12. The molecule has 4 aromatic rings. The Morgan fingerprint density at radius 3 is 2.64 bits per heavy atom. The molecule has 28 heavy (non-hydrogen) atoms. The molecule has 1 amide bonds. The predicted octanol–water partition coefficient (Wildman–Crippen LogP) is 4.50. The number of benzene rings is 2. The summed E-state index contributed by atoms with van der Waals surface area (Å²) >= 11 is 0. The van der Waals surface area contributed by atoms with Gasteiger partial charge in [-0.3, -0.25) is 9.78 Å². The zero-order valence-electron chi connectivity index (χ0n) is 14.8. The van der Waals surface area contributed by atoms with Crippen LogP contribution in [0.5, 0.6) is 0 Å². The fraction of sp³-hybridized carbons (Fsp3) is 0. The number of fused-ring (bicyclic) bond motifs is 1. The summed E-state index contributed by atoms with van der Waals surface area (Å²) in [6.45, 7) is 0. The van der Waals surface area contributed by atoms with Crippen molar-refractivity contribution in [2.24, 2.45) is 0 Å². The van der Waals surface area contributed by atoms with Crippen LogP contribution in [0.25, 0.3) is 10.9 Å². The van der Waals surface area contributed by atoms with E-state index in [2.05, 4.69) is 26.7 Å². The number of rotatable bonds is 4. The summed E-state index contributed by atoms with van der Waals surface area (Å²) in [5, 5.41) is 15.9. The van der Waals surface area contributed by atoms with Crippen LogP contribution >= 0.6 is 0 Å². The molecule has 2 N–H and O–H groups in total. The van der Waals surface area contributed by atoms with Gasteiger partial charge in [-0.1, -0.05) is 24.3 Å². The topological polar surface area (TPSA) is 90.7 Å². The second kappa shape index (κ2) is 7.56. The Labute approximate surface area is 161 Å². The molecule has 0 radical (unpaired) electrons. The molecule has 6 heteroatoms. The van der Waals surface area contributed by atoms with Gasteiger partial charge in [-0.15, -0.1) is 0 Å². The lowest BCUT2D eigenvalue weighted by Gasteiger charge is -2.09. The van der Waals surface area contributed by atoms with Gasteiger partial charge in [-0.25, -0.2) is 4.98 Å². The number of hydrogen-bond acceptors (Lipinski definition) is 5. The van der Waals surface area contributed by atoms with Crippen molar-refractivity contribution < 1.29 is 4.79 Å². The molecule has 0 atom stereocenters. The maximum atomic E-state index is 12.6. The largest absolute Gasteiger partial charge is 0.340 e. The minimum atomic E-state index is -0.260. The molecule has 0 saturated heterocycles. The van der Waals surface area contributed by atoms with Crippen molar-refractivity contribution in [2.75, 3.05) is 10.6 Å². The maximum absolute atomic E-state index is 12.6. The zero-order chi connectivity index (χ0) is 19.3. The number of para-hydroxylation sites is 1. The van der Waals surface area contributed by atoms with E-state index in [1.165, 1.54) is 6.20 Å². The molecule has 0 fully saturated rings. The first-order valence-corrected chi connectivity index (χ1v) is 8.61. The smallest absolute Gasteiger partial charge is 0.257 e. The molecule has 0 aliphatic carbocycles. The molecule has 0 saturated carbocycles. The van der Waals surface area contributed by atoms with Gasteiger partial charge in [0.15, 0.2) is 0 Å². The van der Waals surface area contributed by atoms with Crippen LogP contribution < -0.4 is 10.6 Å². The molecule has 6 nitrogen and oxygen atoms in total. The number of carbonyl (C=O) groups excluding carboxylic acids is 1. The van der Waals surface area contributed by atoms with E-state index in [4.69, 9.17) is 5.26 Å². The molecule has 0 unspecified atom stereocenters. The van der Waals surface area contributed by atoms with Gasteiger partial charge in [0.2, 0.25) is 0 Å². The molecule has 0 aliphatic rings. The van der Waals surface area contributed by atoms with E-state index in [1.54, 1.807) is 36.5 Å². The number of hydrogen-bond donors (Lipinski definition) is 2. The Balaban J connectivity index is 1.50. The third kappa shape index (κ3) is 3.64. The van der Waals surface area contributed by atoms with Gasteiger partial charge in [0.05, 0.1) is 28.4 Å². The van der Waals surface area contributed by atoms with Gasteiger partial charge in [-0.05, 0) is 42.5 Å². The Bertz CT molecular complexity index is 1190. The zero-order valence-corrected chi connectivity index (χ0v) is 14.8. The fourth-order valence-corrected chi connectivity index (χ4v) is 2.82. The highest BCUT2D eigenvalue weighted by molar-refractivity contribution is 6.08. The first kappa shape index (κ1) is 17.2. The molecule has 2 heterocycles. The van der Waals surface area contributed by atoms with Crippen molar-refractivity contribution in [2.45, 2.75) is 0 Å². The van der Waals surface area contributed by atoms with Crippen molar-refractivity contribution in [3.63, 3.8) is 0 Å². The molecule has 0 aliphatic heterocycles. The second-order valence-electron chi connectivity index (χ2n) is 6.08. The normalized spacial score (nSPS) is 10.2. The number of amides is 1. The van der Waals surface area contributed by atoms with Gasteiger partial charge in [0, 0.05) is 23.5 Å². The van der Waals surface area contributed by atoms with Crippen molar-refractivity contribution in [1.82, 2.24) is 9.97 Å². The summed E-state index contributed by atoms with van der Waals surface area (Å²) in [5.41, 5.74) is 3.14. The van der Waals surface area contributed by atoms with Crippen LogP contribution in [-0.2, 0) is 0 Å². The van der Waals surface area contributed by atoms with Crippen molar-refractivity contribution in [3.8, 4) is 6.07 Å². The molecule has 2 aromatic heterocycles.